The highest BCUT2D eigenvalue weighted by Crippen LogP contribution is 2.14. The van der Waals surface area contributed by atoms with E-state index in [4.69, 9.17) is 21.5 Å². The van der Waals surface area contributed by atoms with Crippen LogP contribution in [0.4, 0.5) is 0 Å². The van der Waals surface area contributed by atoms with Crippen LogP contribution in [-0.2, 0) is 61.7 Å². The first-order valence-electron chi connectivity index (χ1n) is 9.49. The summed E-state index contributed by atoms with van der Waals surface area (Å²) in [5.74, 6) is 0. The van der Waals surface area contributed by atoms with Gasteiger partial charge in [-0.15, -0.1) is 0 Å². The number of rotatable bonds is 17. The average Bonchev–Trinajstić information content (AvgIpc) is 2.79. The first-order chi connectivity index (χ1) is 15.8. The Labute approximate surface area is 218 Å². The van der Waals surface area contributed by atoms with Crippen LogP contribution in [0.25, 0.3) is 0 Å². The number of hydrogen-bond donors (Lipinski definition) is 0. The maximum absolute atomic E-state index is 12.8. The summed E-state index contributed by atoms with van der Waals surface area (Å²) in [6, 6.07) is 0. The van der Waals surface area contributed by atoms with Crippen LogP contribution in [0.15, 0.2) is 0 Å². The van der Waals surface area contributed by atoms with Crippen molar-refractivity contribution in [1.82, 2.24) is 0 Å². The molecule has 0 unspecified atom stereocenters. The third-order valence-electron chi connectivity index (χ3n) is 3.78. The lowest BCUT2D eigenvalue weighted by Crippen LogP contribution is -2.59. The predicted molar refractivity (Wildman–Crippen MR) is 133 cm³/mol. The Morgan fingerprint density at radius 1 is 0.543 bits per heavy atom. The Balaban J connectivity index is 5.41. The van der Waals surface area contributed by atoms with Gasteiger partial charge in [0.2, 0.25) is 7.83 Å². The van der Waals surface area contributed by atoms with Gasteiger partial charge in [0.05, 0.1) is 0 Å². The number of hydrogen-bond acceptors (Lipinski definition) is 14. The summed E-state index contributed by atoms with van der Waals surface area (Å²) in [4.78, 5) is 0. The zero-order valence-electron chi connectivity index (χ0n) is 20.2. The standard InChI is InChI=1S/C8H24O14Si13/c1-18-35(19-2,20-3)21-23-24(9)25(10)26(11)27(12)28(13)29(14)30(15)31(16)32(17)34(7,8)22-33(4,5)6/h1-8H3. The van der Waals surface area contributed by atoms with Crippen LogP contribution in [-0.4, -0.2) is 125 Å². The molecule has 0 aliphatic rings. The van der Waals surface area contributed by atoms with Crippen LogP contribution in [0, 0.1) is 0 Å². The molecule has 0 aliphatic carbocycles. The molecule has 0 atom stereocenters. The summed E-state index contributed by atoms with van der Waals surface area (Å²) >= 11 is 0. The first-order valence-corrected chi connectivity index (χ1v) is 41.0. The van der Waals surface area contributed by atoms with E-state index in [1.807, 2.05) is 19.6 Å². The Kier molecular flexibility index (Phi) is 15.2. The van der Waals surface area contributed by atoms with Crippen LogP contribution >= 0.6 is 0 Å². The summed E-state index contributed by atoms with van der Waals surface area (Å²) in [7, 11) is -38.6. The molecule has 0 amide bonds. The predicted octanol–water partition coefficient (Wildman–Crippen LogP) is -2.95. The van der Waals surface area contributed by atoms with Gasteiger partial charge in [0.15, 0.2) is 8.32 Å². The third-order valence-corrected chi connectivity index (χ3v) is 88.4. The zero-order chi connectivity index (χ0) is 27.9. The lowest BCUT2D eigenvalue weighted by atomic mass is 11.8. The van der Waals surface area contributed by atoms with Gasteiger partial charge in [0.25, 0.3) is 9.28 Å². The highest BCUT2D eigenvalue weighted by molar-refractivity contribution is 7.78. The molecule has 0 aliphatic heterocycles. The second-order valence-electron chi connectivity index (χ2n) is 8.00. The van der Waals surface area contributed by atoms with Gasteiger partial charge >= 0.3 is 78.5 Å². The Hall–Kier alpha value is 0.819. The molecule has 27 heteroatoms. The minimum absolute atomic E-state index is 1.03. The second kappa shape index (κ2) is 14.8. The van der Waals surface area contributed by atoms with Gasteiger partial charge in [-0.2, -0.15) is 0 Å². The summed E-state index contributed by atoms with van der Waals surface area (Å²) in [5.41, 5.74) is 0. The lowest BCUT2D eigenvalue weighted by molar-refractivity contribution is 0.0534. The highest BCUT2D eigenvalue weighted by Gasteiger charge is 2.54. The Morgan fingerprint density at radius 3 is 1.23 bits per heavy atom. The quantitative estimate of drug-likeness (QED) is 0.139. The van der Waals surface area contributed by atoms with Crippen molar-refractivity contribution < 1.29 is 61.7 Å². The fourth-order valence-electron chi connectivity index (χ4n) is 2.34. The highest BCUT2D eigenvalue weighted by atomic mass is 30.1. The molecule has 0 saturated heterocycles. The molecular weight excluding hydrogens is 685 g/mol. The molecule has 14 nitrogen and oxygen atoms in total. The summed E-state index contributed by atoms with van der Waals surface area (Å²) in [6.07, 6.45) is 0. The van der Waals surface area contributed by atoms with E-state index < -0.39 is 104 Å². The van der Waals surface area contributed by atoms with Gasteiger partial charge in [0, 0.05) is 21.3 Å². The molecule has 0 heterocycles. The van der Waals surface area contributed by atoms with Crippen LogP contribution in [0.3, 0.4) is 0 Å². The Morgan fingerprint density at radius 2 is 0.886 bits per heavy atom. The Bertz CT molecular complexity index is 971. The summed E-state index contributed by atoms with van der Waals surface area (Å²) in [5, 5.41) is 0. The van der Waals surface area contributed by atoms with E-state index in [0.29, 0.717) is 0 Å². The molecule has 0 spiro atoms. The monoisotopic (exact) mass is 708 g/mol. The molecule has 0 bridgehead atoms. The van der Waals surface area contributed by atoms with E-state index in [0.717, 1.165) is 0 Å². The molecule has 0 aromatic carbocycles. The molecular formula is C8H24O14Si13. The minimum atomic E-state index is -3.84. The van der Waals surface area contributed by atoms with Crippen molar-refractivity contribution in [2.45, 2.75) is 32.7 Å². The van der Waals surface area contributed by atoms with E-state index in [9.17, 15) is 40.2 Å². The topological polar surface area (TPSA) is 200 Å². The van der Waals surface area contributed by atoms with Gasteiger partial charge in [-0.25, -0.2) is 0 Å². The van der Waals surface area contributed by atoms with E-state index in [1.165, 1.54) is 34.4 Å². The lowest BCUT2D eigenvalue weighted by Gasteiger charge is -2.28. The van der Waals surface area contributed by atoms with Gasteiger partial charge in [-0.3, -0.25) is 0 Å². The van der Waals surface area contributed by atoms with Crippen molar-refractivity contribution in [2.75, 3.05) is 21.3 Å². The fourth-order valence-corrected chi connectivity index (χ4v) is 123. The van der Waals surface area contributed by atoms with Crippen molar-refractivity contribution in [3.8, 4) is 0 Å². The molecule has 0 fully saturated rings. The molecule has 0 saturated carbocycles. The molecule has 192 valence electrons. The summed E-state index contributed by atoms with van der Waals surface area (Å²) in [6.45, 7) is 8.54. The minimum Gasteiger partial charge on any atom is -0.453 e. The van der Waals surface area contributed by atoms with Crippen molar-refractivity contribution in [3.63, 3.8) is 0 Å². The zero-order valence-corrected chi connectivity index (χ0v) is 33.2. The molecule has 35 heavy (non-hydrogen) atoms. The fraction of sp³-hybridized carbons (Fsp3) is 1.00. The van der Waals surface area contributed by atoms with Crippen molar-refractivity contribution in [2.24, 2.45) is 0 Å². The van der Waals surface area contributed by atoms with Gasteiger partial charge in [-0.1, -0.05) is 0 Å². The molecule has 2 radical (unpaired) electrons. The maximum Gasteiger partial charge on any atom is 0.668 e. The van der Waals surface area contributed by atoms with Crippen LogP contribution in [0.1, 0.15) is 0 Å². The molecule has 0 aromatic rings. The van der Waals surface area contributed by atoms with E-state index in [2.05, 4.69) is 0 Å². The van der Waals surface area contributed by atoms with Crippen molar-refractivity contribution in [1.29, 1.82) is 0 Å². The maximum atomic E-state index is 12.8. The SMILES string of the molecule is CO[Si](OC)(OC)O[Si][Si](=O)[Si](=O)[Si](=O)[Si](=O)[Si](=O)[Si](=O)[Si](=O)[Si](=O)[Si](=O)[Si](C)(C)O[Si](C)(C)C. The van der Waals surface area contributed by atoms with Crippen molar-refractivity contribution in [3.05, 3.63) is 0 Å². The normalized spacial score (nSPS) is 12.0. The molecule has 0 N–H and O–H groups in total. The smallest absolute Gasteiger partial charge is 0.453 e. The van der Waals surface area contributed by atoms with Crippen LogP contribution in [0.2, 0.25) is 32.7 Å². The largest absolute Gasteiger partial charge is 0.668 e. The molecule has 0 aromatic heterocycles. The molecule has 0 rings (SSSR count). The van der Waals surface area contributed by atoms with Gasteiger partial charge in [0.1, 0.15) is 0 Å². The second-order valence-corrected chi connectivity index (χ2v) is 67.5. The van der Waals surface area contributed by atoms with E-state index >= 15 is 0 Å². The van der Waals surface area contributed by atoms with Crippen LogP contribution < -0.4 is 0 Å². The van der Waals surface area contributed by atoms with E-state index in [-0.39, 0.29) is 0 Å². The average molecular weight is 709 g/mol. The first kappa shape index (κ1) is 35.8. The van der Waals surface area contributed by atoms with Crippen LogP contribution in [0.5, 0.6) is 0 Å². The van der Waals surface area contributed by atoms with Crippen molar-refractivity contribution >= 4 is 104 Å². The summed E-state index contributed by atoms with van der Waals surface area (Å²) < 4.78 is 138. The van der Waals surface area contributed by atoms with Gasteiger partial charge in [-0.05, 0) is 32.7 Å². The van der Waals surface area contributed by atoms with E-state index in [1.54, 1.807) is 0 Å². The third kappa shape index (κ3) is 10.5. The van der Waals surface area contributed by atoms with Gasteiger partial charge < -0.3 is 61.7 Å².